The Morgan fingerprint density at radius 1 is 1.23 bits per heavy atom. The van der Waals surface area contributed by atoms with Crippen LogP contribution in [-0.2, 0) is 4.74 Å². The second-order valence-corrected chi connectivity index (χ2v) is 3.76. The first-order valence-corrected chi connectivity index (χ1v) is 5.07. The fourth-order valence-corrected chi connectivity index (χ4v) is 0.876. The van der Waals surface area contributed by atoms with Crippen LogP contribution in [0.25, 0.3) is 0 Å². The van der Waals surface area contributed by atoms with Crippen molar-refractivity contribution in [3.63, 3.8) is 0 Å². The average molecular weight is 189 g/mol. The van der Waals surface area contributed by atoms with Gasteiger partial charge in [0.1, 0.15) is 0 Å². The SMILES string of the molecule is CC(C)C(C)CNCCOCCO. The summed E-state index contributed by atoms with van der Waals surface area (Å²) in [5, 5.41) is 11.8. The van der Waals surface area contributed by atoms with Crippen molar-refractivity contribution in [3.05, 3.63) is 0 Å². The van der Waals surface area contributed by atoms with Crippen LogP contribution in [0.4, 0.5) is 0 Å². The summed E-state index contributed by atoms with van der Waals surface area (Å²) in [6.45, 7) is 9.86. The van der Waals surface area contributed by atoms with Gasteiger partial charge in [0.05, 0.1) is 19.8 Å². The fourth-order valence-electron chi connectivity index (χ4n) is 0.876. The molecule has 0 fully saturated rings. The second-order valence-electron chi connectivity index (χ2n) is 3.76. The molecule has 2 N–H and O–H groups in total. The van der Waals surface area contributed by atoms with Gasteiger partial charge in [0.25, 0.3) is 0 Å². The minimum Gasteiger partial charge on any atom is -0.394 e. The topological polar surface area (TPSA) is 41.5 Å². The molecule has 0 aliphatic carbocycles. The van der Waals surface area contributed by atoms with Crippen molar-refractivity contribution in [2.45, 2.75) is 20.8 Å². The summed E-state index contributed by atoms with van der Waals surface area (Å²) >= 11 is 0. The lowest BCUT2D eigenvalue weighted by atomic mass is 9.98. The Hall–Kier alpha value is -0.120. The summed E-state index contributed by atoms with van der Waals surface area (Å²) in [7, 11) is 0. The third kappa shape index (κ3) is 8.22. The molecule has 0 radical (unpaired) electrons. The Morgan fingerprint density at radius 2 is 1.92 bits per heavy atom. The molecular weight excluding hydrogens is 166 g/mol. The minimum absolute atomic E-state index is 0.113. The first-order chi connectivity index (χ1) is 6.18. The average Bonchev–Trinajstić information content (AvgIpc) is 2.10. The minimum atomic E-state index is 0.113. The van der Waals surface area contributed by atoms with Crippen molar-refractivity contribution in [2.75, 3.05) is 32.9 Å². The van der Waals surface area contributed by atoms with Crippen molar-refractivity contribution < 1.29 is 9.84 Å². The highest BCUT2D eigenvalue weighted by Gasteiger charge is 2.05. The molecule has 13 heavy (non-hydrogen) atoms. The molecule has 0 amide bonds. The molecule has 0 saturated carbocycles. The van der Waals surface area contributed by atoms with Gasteiger partial charge in [-0.1, -0.05) is 20.8 Å². The molecule has 0 rings (SSSR count). The van der Waals surface area contributed by atoms with Crippen LogP contribution in [0.2, 0.25) is 0 Å². The van der Waals surface area contributed by atoms with Gasteiger partial charge in [-0.15, -0.1) is 0 Å². The van der Waals surface area contributed by atoms with Gasteiger partial charge in [-0.3, -0.25) is 0 Å². The van der Waals surface area contributed by atoms with Gasteiger partial charge in [0, 0.05) is 6.54 Å². The predicted octanol–water partition coefficient (Wildman–Crippen LogP) is 0.877. The number of ether oxygens (including phenoxy) is 1. The van der Waals surface area contributed by atoms with Gasteiger partial charge in [-0.05, 0) is 18.4 Å². The Bertz CT molecular complexity index is 107. The fraction of sp³-hybridized carbons (Fsp3) is 1.00. The van der Waals surface area contributed by atoms with E-state index in [1.165, 1.54) is 0 Å². The lowest BCUT2D eigenvalue weighted by Gasteiger charge is -2.15. The van der Waals surface area contributed by atoms with Gasteiger partial charge in [0.2, 0.25) is 0 Å². The van der Waals surface area contributed by atoms with Crippen molar-refractivity contribution >= 4 is 0 Å². The van der Waals surface area contributed by atoms with Crippen LogP contribution < -0.4 is 5.32 Å². The van der Waals surface area contributed by atoms with Gasteiger partial charge >= 0.3 is 0 Å². The van der Waals surface area contributed by atoms with E-state index in [4.69, 9.17) is 9.84 Å². The Kier molecular flexibility index (Phi) is 8.40. The number of aliphatic hydroxyl groups excluding tert-OH is 1. The molecule has 0 spiro atoms. The van der Waals surface area contributed by atoms with Crippen LogP contribution in [0.15, 0.2) is 0 Å². The third-order valence-corrected chi connectivity index (χ3v) is 2.26. The molecule has 3 heteroatoms. The zero-order valence-electron chi connectivity index (χ0n) is 9.05. The smallest absolute Gasteiger partial charge is 0.0698 e. The molecule has 1 unspecified atom stereocenters. The van der Waals surface area contributed by atoms with Crippen LogP contribution in [0.5, 0.6) is 0 Å². The van der Waals surface area contributed by atoms with Gasteiger partial charge in [-0.2, -0.15) is 0 Å². The van der Waals surface area contributed by atoms with Gasteiger partial charge < -0.3 is 15.2 Å². The van der Waals surface area contributed by atoms with Gasteiger partial charge in [-0.25, -0.2) is 0 Å². The molecule has 0 aromatic rings. The van der Waals surface area contributed by atoms with E-state index in [-0.39, 0.29) is 6.61 Å². The molecule has 0 aromatic carbocycles. The maximum atomic E-state index is 8.44. The zero-order valence-corrected chi connectivity index (χ0v) is 9.05. The van der Waals surface area contributed by atoms with E-state index in [1.807, 2.05) is 0 Å². The van der Waals surface area contributed by atoms with Crippen LogP contribution in [0, 0.1) is 11.8 Å². The molecular formula is C10H23NO2. The van der Waals surface area contributed by atoms with Crippen LogP contribution in [0.3, 0.4) is 0 Å². The largest absolute Gasteiger partial charge is 0.394 e. The molecule has 0 aromatic heterocycles. The van der Waals surface area contributed by atoms with Crippen LogP contribution in [-0.4, -0.2) is 38.0 Å². The normalized spacial score (nSPS) is 13.6. The van der Waals surface area contributed by atoms with E-state index in [0.717, 1.165) is 19.0 Å². The summed E-state index contributed by atoms with van der Waals surface area (Å²) in [6, 6.07) is 0. The number of hydrogen-bond donors (Lipinski definition) is 2. The molecule has 80 valence electrons. The number of hydrogen-bond acceptors (Lipinski definition) is 3. The zero-order chi connectivity index (χ0) is 10.1. The lowest BCUT2D eigenvalue weighted by molar-refractivity contribution is 0.0933. The van der Waals surface area contributed by atoms with Crippen molar-refractivity contribution in [1.82, 2.24) is 5.32 Å². The molecule has 0 bridgehead atoms. The van der Waals surface area contributed by atoms with E-state index in [0.29, 0.717) is 19.1 Å². The maximum absolute atomic E-state index is 8.44. The Morgan fingerprint density at radius 3 is 2.46 bits per heavy atom. The maximum Gasteiger partial charge on any atom is 0.0698 e. The molecule has 0 heterocycles. The summed E-state index contributed by atoms with van der Waals surface area (Å²) < 4.78 is 5.11. The molecule has 0 saturated heterocycles. The lowest BCUT2D eigenvalue weighted by Crippen LogP contribution is -2.27. The summed E-state index contributed by atoms with van der Waals surface area (Å²) in [5.74, 6) is 1.43. The summed E-state index contributed by atoms with van der Waals surface area (Å²) in [6.07, 6.45) is 0. The van der Waals surface area contributed by atoms with E-state index in [1.54, 1.807) is 0 Å². The number of nitrogens with one attached hydrogen (secondary N) is 1. The highest BCUT2D eigenvalue weighted by atomic mass is 16.5. The third-order valence-electron chi connectivity index (χ3n) is 2.26. The number of rotatable bonds is 8. The monoisotopic (exact) mass is 189 g/mol. The highest BCUT2D eigenvalue weighted by molar-refractivity contribution is 4.59. The van der Waals surface area contributed by atoms with Crippen molar-refractivity contribution in [2.24, 2.45) is 11.8 Å². The molecule has 0 aliphatic heterocycles. The van der Waals surface area contributed by atoms with E-state index < -0.39 is 0 Å². The summed E-state index contributed by atoms with van der Waals surface area (Å²) in [4.78, 5) is 0. The Labute approximate surface area is 81.5 Å². The molecule has 1 atom stereocenters. The first kappa shape index (κ1) is 12.9. The quantitative estimate of drug-likeness (QED) is 0.557. The van der Waals surface area contributed by atoms with Crippen LogP contribution >= 0.6 is 0 Å². The molecule has 3 nitrogen and oxygen atoms in total. The van der Waals surface area contributed by atoms with Crippen molar-refractivity contribution in [3.8, 4) is 0 Å². The second kappa shape index (κ2) is 8.48. The highest BCUT2D eigenvalue weighted by Crippen LogP contribution is 2.06. The van der Waals surface area contributed by atoms with Gasteiger partial charge in [0.15, 0.2) is 0 Å². The van der Waals surface area contributed by atoms with E-state index in [2.05, 4.69) is 26.1 Å². The Balaban J connectivity index is 3.07. The van der Waals surface area contributed by atoms with Crippen LogP contribution in [0.1, 0.15) is 20.8 Å². The first-order valence-electron chi connectivity index (χ1n) is 5.07. The molecule has 0 aliphatic rings. The van der Waals surface area contributed by atoms with Crippen molar-refractivity contribution in [1.29, 1.82) is 0 Å². The standard InChI is InChI=1S/C10H23NO2/c1-9(2)10(3)8-11-4-6-13-7-5-12/h9-12H,4-8H2,1-3H3. The van der Waals surface area contributed by atoms with E-state index >= 15 is 0 Å². The van der Waals surface area contributed by atoms with E-state index in [9.17, 15) is 0 Å². The number of aliphatic hydroxyl groups is 1. The predicted molar refractivity (Wildman–Crippen MR) is 54.8 cm³/mol. The summed E-state index contributed by atoms with van der Waals surface area (Å²) in [5.41, 5.74) is 0.